The van der Waals surface area contributed by atoms with Crippen molar-refractivity contribution in [3.05, 3.63) is 36.5 Å². The molecule has 2 aliphatic heterocycles. The largest absolute Gasteiger partial charge is 0.376 e. The maximum atomic E-state index is 5.60. The molecule has 2 aromatic heterocycles. The summed E-state index contributed by atoms with van der Waals surface area (Å²) in [4.78, 5) is 22.1. The van der Waals surface area contributed by atoms with Gasteiger partial charge in [0.25, 0.3) is 0 Å². The number of nitrogens with one attached hydrogen (secondary N) is 1. The van der Waals surface area contributed by atoms with E-state index in [4.69, 9.17) is 4.74 Å². The van der Waals surface area contributed by atoms with Gasteiger partial charge in [-0.15, -0.1) is 0 Å². The second-order valence-corrected chi connectivity index (χ2v) is 6.76. The third kappa shape index (κ3) is 4.44. The Hall–Kier alpha value is -2.32. The van der Waals surface area contributed by atoms with E-state index in [1.54, 1.807) is 12.4 Å². The molecule has 1 N–H and O–H groups in total. The lowest BCUT2D eigenvalue weighted by Crippen LogP contribution is -2.46. The van der Waals surface area contributed by atoms with Crippen LogP contribution in [0, 0.1) is 0 Å². The Kier molecular flexibility index (Phi) is 5.51. The van der Waals surface area contributed by atoms with E-state index in [0.717, 1.165) is 70.1 Å². The molecule has 2 aliphatic rings. The fourth-order valence-electron chi connectivity index (χ4n) is 3.39. The molecule has 8 heteroatoms. The van der Waals surface area contributed by atoms with Crippen LogP contribution >= 0.6 is 0 Å². The number of nitrogens with zero attached hydrogens (tertiary/aromatic N) is 6. The molecule has 0 spiro atoms. The van der Waals surface area contributed by atoms with Crippen molar-refractivity contribution < 1.29 is 4.74 Å². The molecular weight excluding hydrogens is 330 g/mol. The monoisotopic (exact) mass is 355 g/mol. The summed E-state index contributed by atoms with van der Waals surface area (Å²) in [6.07, 6.45) is 11.7. The third-order valence-corrected chi connectivity index (χ3v) is 4.87. The van der Waals surface area contributed by atoms with Crippen LogP contribution < -0.4 is 10.2 Å². The number of hydrogen-bond donors (Lipinski definition) is 1. The van der Waals surface area contributed by atoms with Crippen molar-refractivity contribution in [2.24, 2.45) is 0 Å². The lowest BCUT2D eigenvalue weighted by Gasteiger charge is -2.35. The van der Waals surface area contributed by atoms with Gasteiger partial charge in [-0.05, 0) is 12.8 Å². The molecule has 1 unspecified atom stereocenters. The Morgan fingerprint density at radius 1 is 1.04 bits per heavy atom. The maximum Gasteiger partial charge on any atom is 0.222 e. The van der Waals surface area contributed by atoms with Crippen LogP contribution in [-0.2, 0) is 11.3 Å². The van der Waals surface area contributed by atoms with Gasteiger partial charge in [-0.2, -0.15) is 0 Å². The van der Waals surface area contributed by atoms with Crippen LogP contribution in [0.4, 0.5) is 11.8 Å². The topological polar surface area (TPSA) is 79.3 Å². The van der Waals surface area contributed by atoms with Crippen molar-refractivity contribution in [1.29, 1.82) is 0 Å². The van der Waals surface area contributed by atoms with Gasteiger partial charge in [-0.25, -0.2) is 15.0 Å². The van der Waals surface area contributed by atoms with Crippen molar-refractivity contribution >= 4 is 11.8 Å². The molecule has 1 atom stereocenters. The molecule has 8 nitrogen and oxygen atoms in total. The van der Waals surface area contributed by atoms with Crippen molar-refractivity contribution in [1.82, 2.24) is 24.8 Å². The second-order valence-electron chi connectivity index (χ2n) is 6.76. The molecule has 2 aromatic rings. The van der Waals surface area contributed by atoms with E-state index in [1.165, 1.54) is 0 Å². The van der Waals surface area contributed by atoms with Crippen LogP contribution in [0.2, 0.25) is 0 Å². The zero-order chi connectivity index (χ0) is 17.6. The number of anilines is 2. The highest BCUT2D eigenvalue weighted by Gasteiger charge is 2.18. The van der Waals surface area contributed by atoms with E-state index in [9.17, 15) is 0 Å². The quantitative estimate of drug-likeness (QED) is 0.828. The lowest BCUT2D eigenvalue weighted by atomic mass is 10.2. The van der Waals surface area contributed by atoms with Gasteiger partial charge in [0.2, 0.25) is 5.95 Å². The predicted molar refractivity (Wildman–Crippen MR) is 99.0 cm³/mol. The van der Waals surface area contributed by atoms with Crippen LogP contribution in [-0.4, -0.2) is 70.3 Å². The minimum absolute atomic E-state index is 0.295. The summed E-state index contributed by atoms with van der Waals surface area (Å²) in [7, 11) is 0. The molecule has 0 bridgehead atoms. The Balaban J connectivity index is 1.23. The first-order chi connectivity index (χ1) is 12.9. The van der Waals surface area contributed by atoms with Gasteiger partial charge < -0.3 is 15.0 Å². The molecule has 4 heterocycles. The molecule has 0 amide bonds. The van der Waals surface area contributed by atoms with Gasteiger partial charge in [-0.1, -0.05) is 0 Å². The molecule has 2 saturated heterocycles. The standard InChI is InChI=1S/C18H25N7O/c1-2-16(26-9-1)12-23-18-21-10-15(11-22-18)14-24-5-7-25(8-6-24)17-13-19-3-4-20-17/h3-4,10-11,13,16H,1-2,5-9,12,14H2,(H,21,22,23). The molecule has 26 heavy (non-hydrogen) atoms. The van der Waals surface area contributed by atoms with E-state index in [-0.39, 0.29) is 0 Å². The summed E-state index contributed by atoms with van der Waals surface area (Å²) in [6.45, 7) is 6.44. The first kappa shape index (κ1) is 17.1. The van der Waals surface area contributed by atoms with Gasteiger partial charge in [0, 0.05) is 76.2 Å². The van der Waals surface area contributed by atoms with Gasteiger partial charge in [0.1, 0.15) is 5.82 Å². The first-order valence-corrected chi connectivity index (χ1v) is 9.26. The smallest absolute Gasteiger partial charge is 0.222 e. The van der Waals surface area contributed by atoms with Crippen molar-refractivity contribution in [3.8, 4) is 0 Å². The average Bonchev–Trinajstić information content (AvgIpc) is 3.22. The molecule has 4 rings (SSSR count). The Labute approximate surface area is 153 Å². The Morgan fingerprint density at radius 2 is 1.88 bits per heavy atom. The predicted octanol–water partition coefficient (Wildman–Crippen LogP) is 1.18. The molecule has 0 aliphatic carbocycles. The normalized spacial score (nSPS) is 21.1. The number of aromatic nitrogens is 4. The van der Waals surface area contributed by atoms with Gasteiger partial charge in [-0.3, -0.25) is 9.88 Å². The molecule has 138 valence electrons. The molecule has 0 aromatic carbocycles. The lowest BCUT2D eigenvalue weighted by molar-refractivity contribution is 0.120. The van der Waals surface area contributed by atoms with E-state index in [1.807, 2.05) is 18.6 Å². The molecule has 0 radical (unpaired) electrons. The summed E-state index contributed by atoms with van der Waals surface area (Å²) in [5.74, 6) is 1.63. The Morgan fingerprint density at radius 3 is 2.58 bits per heavy atom. The summed E-state index contributed by atoms with van der Waals surface area (Å²) >= 11 is 0. The van der Waals surface area contributed by atoms with E-state index in [2.05, 4.69) is 35.1 Å². The van der Waals surface area contributed by atoms with Crippen LogP contribution in [0.1, 0.15) is 18.4 Å². The summed E-state index contributed by atoms with van der Waals surface area (Å²) in [6, 6.07) is 0. The van der Waals surface area contributed by atoms with E-state index < -0.39 is 0 Å². The van der Waals surface area contributed by atoms with E-state index in [0.29, 0.717) is 12.1 Å². The van der Waals surface area contributed by atoms with Crippen molar-refractivity contribution in [3.63, 3.8) is 0 Å². The Bertz CT molecular complexity index is 668. The van der Waals surface area contributed by atoms with Gasteiger partial charge in [0.05, 0.1) is 12.3 Å². The van der Waals surface area contributed by atoms with Crippen LogP contribution in [0.3, 0.4) is 0 Å². The molecule has 2 fully saturated rings. The zero-order valence-corrected chi connectivity index (χ0v) is 14.9. The summed E-state index contributed by atoms with van der Waals surface area (Å²) in [5.41, 5.74) is 1.14. The van der Waals surface area contributed by atoms with Crippen LogP contribution in [0.25, 0.3) is 0 Å². The minimum Gasteiger partial charge on any atom is -0.376 e. The number of piperazine rings is 1. The fourth-order valence-corrected chi connectivity index (χ4v) is 3.39. The number of rotatable bonds is 6. The minimum atomic E-state index is 0.295. The summed E-state index contributed by atoms with van der Waals surface area (Å²) in [5, 5.41) is 3.26. The highest BCUT2D eigenvalue weighted by molar-refractivity contribution is 5.35. The van der Waals surface area contributed by atoms with Gasteiger partial charge in [0.15, 0.2) is 0 Å². The second kappa shape index (κ2) is 8.37. The van der Waals surface area contributed by atoms with E-state index >= 15 is 0 Å². The SMILES string of the molecule is c1cnc(N2CCN(Cc3cnc(NCC4CCCO4)nc3)CC2)cn1. The maximum absolute atomic E-state index is 5.60. The van der Waals surface area contributed by atoms with Crippen LogP contribution in [0.5, 0.6) is 0 Å². The summed E-state index contributed by atoms with van der Waals surface area (Å²) < 4.78 is 5.60. The molecule has 0 saturated carbocycles. The number of hydrogen-bond acceptors (Lipinski definition) is 8. The highest BCUT2D eigenvalue weighted by Crippen LogP contribution is 2.14. The van der Waals surface area contributed by atoms with Crippen LogP contribution in [0.15, 0.2) is 31.0 Å². The fraction of sp³-hybridized carbons (Fsp3) is 0.556. The third-order valence-electron chi connectivity index (χ3n) is 4.87. The highest BCUT2D eigenvalue weighted by atomic mass is 16.5. The first-order valence-electron chi connectivity index (χ1n) is 9.26. The van der Waals surface area contributed by atoms with Gasteiger partial charge >= 0.3 is 0 Å². The number of ether oxygens (including phenoxy) is 1. The zero-order valence-electron chi connectivity index (χ0n) is 14.9. The van der Waals surface area contributed by atoms with Crippen molar-refractivity contribution in [2.75, 3.05) is 49.5 Å². The van der Waals surface area contributed by atoms with Crippen molar-refractivity contribution in [2.45, 2.75) is 25.5 Å². The molecular formula is C18H25N7O. The average molecular weight is 355 g/mol.